The number of nitrogen functional groups attached to an aromatic ring is 1. The third-order valence-corrected chi connectivity index (χ3v) is 9.27. The number of hydrogen-bond acceptors (Lipinski definition) is 9. The van der Waals surface area contributed by atoms with E-state index in [9.17, 15) is 19.2 Å². The Balaban J connectivity index is 1.31. The number of allylic oxidation sites excluding steroid dienone is 1. The zero-order valence-electron chi connectivity index (χ0n) is 30.2. The molecule has 0 unspecified atom stereocenters. The van der Waals surface area contributed by atoms with Gasteiger partial charge in [-0.2, -0.15) is 0 Å². The maximum Gasteiger partial charge on any atom is 0.269 e. The van der Waals surface area contributed by atoms with Crippen LogP contribution in [0.25, 0.3) is 10.9 Å². The molecular weight excluding hydrogens is 648 g/mol. The molecule has 2 heterocycles. The Kier molecular flexibility index (Phi) is 11.5. The first kappa shape index (κ1) is 36.7. The third-order valence-electron chi connectivity index (χ3n) is 9.27. The molecule has 4 aromatic rings. The van der Waals surface area contributed by atoms with E-state index in [2.05, 4.69) is 27.8 Å². The van der Waals surface area contributed by atoms with Gasteiger partial charge in [-0.05, 0) is 75.2 Å². The summed E-state index contributed by atoms with van der Waals surface area (Å²) >= 11 is 0. The number of piperazine rings is 1. The molecule has 1 saturated heterocycles. The van der Waals surface area contributed by atoms with Crippen molar-refractivity contribution in [3.05, 3.63) is 88.2 Å². The van der Waals surface area contributed by atoms with Gasteiger partial charge in [-0.1, -0.05) is 18.2 Å². The highest BCUT2D eigenvalue weighted by Crippen LogP contribution is 2.36. The maximum atomic E-state index is 13.9. The highest BCUT2D eigenvalue weighted by Gasteiger charge is 2.26. The lowest BCUT2D eigenvalue weighted by molar-refractivity contribution is 0.0822. The fourth-order valence-corrected chi connectivity index (χ4v) is 6.27. The first-order valence-corrected chi connectivity index (χ1v) is 17.0. The molecule has 1 aliphatic heterocycles. The summed E-state index contributed by atoms with van der Waals surface area (Å²) in [6, 6.07) is 15.5. The van der Waals surface area contributed by atoms with Crippen LogP contribution in [0.1, 0.15) is 61.6 Å². The second kappa shape index (κ2) is 16.0. The van der Waals surface area contributed by atoms with E-state index in [-0.39, 0.29) is 34.3 Å². The number of ether oxygens (including phenoxy) is 2. The lowest BCUT2D eigenvalue weighted by Crippen LogP contribution is -2.44. The van der Waals surface area contributed by atoms with Crippen LogP contribution in [0, 0.1) is 6.92 Å². The van der Waals surface area contributed by atoms with Gasteiger partial charge >= 0.3 is 0 Å². The molecule has 0 spiro atoms. The van der Waals surface area contributed by atoms with Crippen LogP contribution in [0.4, 0.5) is 11.4 Å². The lowest BCUT2D eigenvalue weighted by atomic mass is 9.96. The van der Waals surface area contributed by atoms with Crippen molar-refractivity contribution in [2.24, 2.45) is 0 Å². The number of amides is 2. The van der Waals surface area contributed by atoms with Crippen LogP contribution in [0.15, 0.2) is 60.3 Å². The number of nitrogens with two attached hydrogens (primary N) is 1. The summed E-state index contributed by atoms with van der Waals surface area (Å²) in [6.45, 7) is 5.84. The number of nitrogens with one attached hydrogen (secondary N) is 1. The third kappa shape index (κ3) is 7.93. The number of unbranched alkanes of at least 4 members (excludes halogenated alkanes) is 1. The number of nitrogens with zero attached hydrogens (tertiary/aromatic N) is 4. The molecule has 0 atom stereocenters. The van der Waals surface area contributed by atoms with Crippen LogP contribution in [0.5, 0.6) is 11.5 Å². The molecule has 12 heteroatoms. The van der Waals surface area contributed by atoms with Gasteiger partial charge in [0.15, 0.2) is 11.5 Å². The molecule has 268 valence electrons. The molecule has 0 radical (unpaired) electrons. The van der Waals surface area contributed by atoms with Crippen molar-refractivity contribution < 1.29 is 28.7 Å². The molecule has 1 aliphatic rings. The van der Waals surface area contributed by atoms with Crippen molar-refractivity contribution >= 4 is 45.8 Å². The maximum absolute atomic E-state index is 13.9. The monoisotopic (exact) mass is 694 g/mol. The highest BCUT2D eigenvalue weighted by atomic mass is 16.5. The quantitative estimate of drug-likeness (QED) is 0.0875. The van der Waals surface area contributed by atoms with Crippen molar-refractivity contribution in [3.63, 3.8) is 0 Å². The van der Waals surface area contributed by atoms with E-state index in [1.807, 2.05) is 25.1 Å². The van der Waals surface area contributed by atoms with Crippen molar-refractivity contribution in [3.8, 4) is 11.5 Å². The van der Waals surface area contributed by atoms with Gasteiger partial charge in [0.25, 0.3) is 11.8 Å². The van der Waals surface area contributed by atoms with Gasteiger partial charge in [0.1, 0.15) is 17.4 Å². The number of aromatic amines is 1. The molecule has 2 amide bonds. The lowest BCUT2D eigenvalue weighted by Gasteiger charge is -2.34. The summed E-state index contributed by atoms with van der Waals surface area (Å²) in [5.74, 6) is 1.76. The standard InChI is InChI=1S/C39H46N6O6/c1-25-13-16-33(34(22-25)51-21-8-7-10-26(24-46)45-19-17-43(4)18-20-45)44(5)38(48)28-14-15-29(37(50-6)35(28)40)36(47)27-11-9-12-31-30(27)23-32(41-31)39(49)42(2)3/h9,11-16,22-23,41H,7-8,10,17-21,40H2,1-6H3. The second-order valence-electron chi connectivity index (χ2n) is 13.1. The molecule has 12 nitrogen and oxygen atoms in total. The van der Waals surface area contributed by atoms with Crippen LogP contribution >= 0.6 is 0 Å². The molecule has 3 N–H and O–H groups in total. The highest BCUT2D eigenvalue weighted by molar-refractivity contribution is 6.20. The minimum absolute atomic E-state index is 0.0267. The summed E-state index contributed by atoms with van der Waals surface area (Å²) in [6.07, 6.45) is 2.11. The summed E-state index contributed by atoms with van der Waals surface area (Å²) in [5, 5.41) is 0.579. The number of aryl methyl sites for hydroxylation is 1. The molecule has 51 heavy (non-hydrogen) atoms. The van der Waals surface area contributed by atoms with Gasteiger partial charge in [-0.15, -0.1) is 0 Å². The predicted octanol–water partition coefficient (Wildman–Crippen LogP) is 4.79. The smallest absolute Gasteiger partial charge is 0.269 e. The van der Waals surface area contributed by atoms with Crippen molar-refractivity contribution in [2.75, 3.05) is 78.7 Å². The number of anilines is 2. The number of carbonyl (C=O) groups is 3. The van der Waals surface area contributed by atoms with Gasteiger partial charge in [0, 0.05) is 63.8 Å². The molecule has 3 aromatic carbocycles. The van der Waals surface area contributed by atoms with E-state index in [4.69, 9.17) is 15.2 Å². The van der Waals surface area contributed by atoms with Crippen LogP contribution < -0.4 is 20.1 Å². The van der Waals surface area contributed by atoms with Crippen molar-refractivity contribution in [1.82, 2.24) is 19.7 Å². The Morgan fingerprint density at radius 2 is 1.65 bits per heavy atom. The Hall–Kier alpha value is -5.58. The van der Waals surface area contributed by atoms with E-state index in [1.54, 1.807) is 45.4 Å². The predicted molar refractivity (Wildman–Crippen MR) is 199 cm³/mol. The van der Waals surface area contributed by atoms with Gasteiger partial charge in [-0.3, -0.25) is 14.4 Å². The molecule has 1 fully saturated rings. The van der Waals surface area contributed by atoms with E-state index < -0.39 is 5.91 Å². The topological polar surface area (TPSA) is 142 Å². The minimum atomic E-state index is -0.411. The Morgan fingerprint density at radius 3 is 2.33 bits per heavy atom. The van der Waals surface area contributed by atoms with Gasteiger partial charge in [0.2, 0.25) is 0 Å². The van der Waals surface area contributed by atoms with Crippen molar-refractivity contribution in [2.45, 2.75) is 26.2 Å². The number of benzene rings is 3. The number of fused-ring (bicyclic) bond motifs is 1. The van der Waals surface area contributed by atoms with Gasteiger partial charge in [0.05, 0.1) is 41.9 Å². The SMILES string of the molecule is COc1c(C(=O)c2cccc3[nH]c(C(=O)N(C)C)cc23)ccc(C(=O)N(C)c2ccc(C)cc2OCCCCC(=C=O)N2CCN(C)CC2)c1N. The Morgan fingerprint density at radius 1 is 0.922 bits per heavy atom. The van der Waals surface area contributed by atoms with Gasteiger partial charge in [-0.25, -0.2) is 4.79 Å². The van der Waals surface area contributed by atoms with E-state index in [0.29, 0.717) is 58.7 Å². The van der Waals surface area contributed by atoms with E-state index in [1.165, 1.54) is 29.0 Å². The first-order valence-electron chi connectivity index (χ1n) is 17.0. The van der Waals surface area contributed by atoms with E-state index >= 15 is 0 Å². The molecule has 5 rings (SSSR count). The zero-order valence-corrected chi connectivity index (χ0v) is 30.2. The summed E-state index contributed by atoms with van der Waals surface area (Å²) in [5.41, 5.74) is 10.5. The Bertz CT molecular complexity index is 1990. The normalized spacial score (nSPS) is 13.1. The largest absolute Gasteiger partial charge is 0.494 e. The molecule has 0 bridgehead atoms. The van der Waals surface area contributed by atoms with Crippen LogP contribution in [-0.2, 0) is 4.79 Å². The van der Waals surface area contributed by atoms with E-state index in [0.717, 1.165) is 38.2 Å². The molecule has 0 saturated carbocycles. The van der Waals surface area contributed by atoms with Crippen LogP contribution in [0.2, 0.25) is 0 Å². The number of likely N-dealkylation sites (N-methyl/N-ethyl adjacent to an activating group) is 1. The van der Waals surface area contributed by atoms with Crippen molar-refractivity contribution in [1.29, 1.82) is 0 Å². The molecule has 0 aliphatic carbocycles. The number of aromatic nitrogens is 1. The Labute approximate surface area is 298 Å². The summed E-state index contributed by atoms with van der Waals surface area (Å²) < 4.78 is 11.8. The number of carbonyl (C=O) groups excluding carboxylic acids is 4. The van der Waals surface area contributed by atoms with Crippen LogP contribution in [0.3, 0.4) is 0 Å². The van der Waals surface area contributed by atoms with Gasteiger partial charge < -0.3 is 39.8 Å². The second-order valence-corrected chi connectivity index (χ2v) is 13.1. The fraction of sp³-hybridized carbons (Fsp3) is 0.359. The number of methoxy groups -OCH3 is 1. The van der Waals surface area contributed by atoms with Crippen LogP contribution in [-0.4, -0.2) is 111 Å². The molecule has 1 aromatic heterocycles. The zero-order chi connectivity index (χ0) is 36.8. The minimum Gasteiger partial charge on any atom is -0.494 e. The number of hydrogen-bond donors (Lipinski definition) is 2. The fourth-order valence-electron chi connectivity index (χ4n) is 6.27. The number of ketones is 1. The summed E-state index contributed by atoms with van der Waals surface area (Å²) in [4.78, 5) is 62.5. The summed E-state index contributed by atoms with van der Waals surface area (Å²) in [7, 11) is 8.43. The average Bonchev–Trinajstić information content (AvgIpc) is 3.57. The number of H-pyrrole nitrogens is 1. The first-order chi connectivity index (χ1) is 24.4. The average molecular weight is 695 g/mol. The number of rotatable bonds is 13. The molecular formula is C39H46N6O6.